The van der Waals surface area contributed by atoms with E-state index in [4.69, 9.17) is 9.47 Å². The number of carbonyl (C=O) groups is 1. The topological polar surface area (TPSA) is 78.0 Å². The molecule has 2 N–H and O–H groups in total. The lowest BCUT2D eigenvalue weighted by Gasteiger charge is -2.37. The Morgan fingerprint density at radius 3 is 2.71 bits per heavy atom. The van der Waals surface area contributed by atoms with Gasteiger partial charge in [-0.1, -0.05) is 18.2 Å². The van der Waals surface area contributed by atoms with Gasteiger partial charge in [-0.3, -0.25) is 4.90 Å². The fourth-order valence-corrected chi connectivity index (χ4v) is 4.02. The molecule has 7 nitrogen and oxygen atoms in total. The molecule has 1 atom stereocenters. The summed E-state index contributed by atoms with van der Waals surface area (Å²) in [4.78, 5) is 19.9. The minimum atomic E-state index is -0.576. The quantitative estimate of drug-likeness (QED) is 0.543. The van der Waals surface area contributed by atoms with Gasteiger partial charge in [-0.05, 0) is 37.3 Å². The Labute approximate surface area is 182 Å². The number of aromatic amines is 1. The fraction of sp³-hybridized carbons (Fsp3) is 0.375. The van der Waals surface area contributed by atoms with Crippen molar-refractivity contribution in [2.45, 2.75) is 13.0 Å². The zero-order valence-corrected chi connectivity index (χ0v) is 17.8. The van der Waals surface area contributed by atoms with Crippen LogP contribution in [-0.4, -0.2) is 73.0 Å². The van der Waals surface area contributed by atoms with Crippen LogP contribution in [-0.2, 0) is 4.74 Å². The van der Waals surface area contributed by atoms with Gasteiger partial charge in [-0.2, -0.15) is 0 Å². The lowest BCUT2D eigenvalue weighted by molar-refractivity contribution is 0.0526. The van der Waals surface area contributed by atoms with Crippen molar-refractivity contribution in [3.8, 4) is 5.75 Å². The Balaban J connectivity index is 1.28. The summed E-state index contributed by atoms with van der Waals surface area (Å²) in [5.41, 5.74) is 2.53. The van der Waals surface area contributed by atoms with Gasteiger partial charge in [0.2, 0.25) is 0 Å². The number of nitrogens with one attached hydrogen (secondary N) is 1. The predicted molar refractivity (Wildman–Crippen MR) is 121 cm³/mol. The Morgan fingerprint density at radius 2 is 1.90 bits per heavy atom. The summed E-state index contributed by atoms with van der Waals surface area (Å²) < 4.78 is 11.1. The molecule has 31 heavy (non-hydrogen) atoms. The van der Waals surface area contributed by atoms with E-state index in [-0.39, 0.29) is 12.6 Å². The SMILES string of the molecule is CCOC(=O)c1ccccc1N1CCN(CC(O)COc2cccc3[nH]ccc23)CC1. The van der Waals surface area contributed by atoms with E-state index in [1.165, 1.54) is 0 Å². The highest BCUT2D eigenvalue weighted by molar-refractivity contribution is 5.96. The lowest BCUT2D eigenvalue weighted by atomic mass is 10.1. The van der Waals surface area contributed by atoms with Crippen molar-refractivity contribution in [3.05, 3.63) is 60.3 Å². The van der Waals surface area contributed by atoms with Crippen LogP contribution < -0.4 is 9.64 Å². The number of aliphatic hydroxyl groups excluding tert-OH is 1. The van der Waals surface area contributed by atoms with E-state index < -0.39 is 6.10 Å². The third-order valence-electron chi connectivity index (χ3n) is 5.57. The number of H-pyrrole nitrogens is 1. The second-order valence-electron chi connectivity index (χ2n) is 7.69. The lowest BCUT2D eigenvalue weighted by Crippen LogP contribution is -2.49. The fourth-order valence-electron chi connectivity index (χ4n) is 4.02. The molecule has 0 aliphatic carbocycles. The number of hydrogen-bond acceptors (Lipinski definition) is 6. The molecule has 2 heterocycles. The maximum atomic E-state index is 12.3. The Bertz CT molecular complexity index is 1010. The third-order valence-corrected chi connectivity index (χ3v) is 5.57. The summed E-state index contributed by atoms with van der Waals surface area (Å²) in [6, 6.07) is 15.4. The molecule has 2 aromatic carbocycles. The first kappa shape index (κ1) is 21.2. The van der Waals surface area contributed by atoms with Crippen molar-refractivity contribution in [2.75, 3.05) is 50.8 Å². The second kappa shape index (κ2) is 9.85. The molecular formula is C24H29N3O4. The molecule has 1 fully saturated rings. The van der Waals surface area contributed by atoms with Crippen LogP contribution in [0.2, 0.25) is 0 Å². The number of carbonyl (C=O) groups excluding carboxylic acids is 1. The molecule has 1 aliphatic rings. The number of esters is 1. The van der Waals surface area contributed by atoms with Crippen LogP contribution >= 0.6 is 0 Å². The minimum absolute atomic E-state index is 0.246. The van der Waals surface area contributed by atoms with E-state index >= 15 is 0 Å². The number of aliphatic hydroxyl groups is 1. The van der Waals surface area contributed by atoms with Crippen molar-refractivity contribution in [3.63, 3.8) is 0 Å². The Hall–Kier alpha value is -3.03. The highest BCUT2D eigenvalue weighted by Crippen LogP contribution is 2.25. The van der Waals surface area contributed by atoms with Crippen LogP contribution in [0.5, 0.6) is 5.75 Å². The average molecular weight is 424 g/mol. The molecule has 7 heteroatoms. The molecule has 0 spiro atoms. The first-order chi connectivity index (χ1) is 15.2. The van der Waals surface area contributed by atoms with E-state index in [1.807, 2.05) is 61.7 Å². The summed E-state index contributed by atoms with van der Waals surface area (Å²) in [5.74, 6) is 0.490. The number of fused-ring (bicyclic) bond motifs is 1. The molecule has 164 valence electrons. The molecule has 0 bridgehead atoms. The number of benzene rings is 2. The van der Waals surface area contributed by atoms with Crippen molar-refractivity contribution >= 4 is 22.6 Å². The molecular weight excluding hydrogens is 394 g/mol. The Kier molecular flexibility index (Phi) is 6.74. The molecule has 0 amide bonds. The number of nitrogens with zero attached hydrogens (tertiary/aromatic N) is 2. The number of piperazine rings is 1. The van der Waals surface area contributed by atoms with E-state index in [1.54, 1.807) is 0 Å². The summed E-state index contributed by atoms with van der Waals surface area (Å²) in [5, 5.41) is 11.5. The number of aromatic nitrogens is 1. The van der Waals surface area contributed by atoms with Gasteiger partial charge < -0.3 is 24.5 Å². The number of anilines is 1. The van der Waals surface area contributed by atoms with Crippen LogP contribution in [0, 0.1) is 0 Å². The van der Waals surface area contributed by atoms with Gasteiger partial charge in [0.25, 0.3) is 0 Å². The van der Waals surface area contributed by atoms with Crippen LogP contribution in [0.3, 0.4) is 0 Å². The van der Waals surface area contributed by atoms with Gasteiger partial charge in [-0.15, -0.1) is 0 Å². The van der Waals surface area contributed by atoms with Crippen LogP contribution in [0.1, 0.15) is 17.3 Å². The van der Waals surface area contributed by atoms with Crippen LogP contribution in [0.15, 0.2) is 54.7 Å². The highest BCUT2D eigenvalue weighted by atomic mass is 16.5. The molecule has 1 saturated heterocycles. The van der Waals surface area contributed by atoms with Crippen molar-refractivity contribution in [2.24, 2.45) is 0 Å². The van der Waals surface area contributed by atoms with E-state index in [9.17, 15) is 9.90 Å². The monoisotopic (exact) mass is 423 g/mol. The van der Waals surface area contributed by atoms with E-state index in [0.717, 1.165) is 48.5 Å². The Morgan fingerprint density at radius 1 is 1.10 bits per heavy atom. The molecule has 1 aliphatic heterocycles. The number of para-hydroxylation sites is 1. The maximum Gasteiger partial charge on any atom is 0.340 e. The molecule has 0 saturated carbocycles. The summed E-state index contributed by atoms with van der Waals surface area (Å²) >= 11 is 0. The van der Waals surface area contributed by atoms with Crippen LogP contribution in [0.4, 0.5) is 5.69 Å². The molecule has 1 unspecified atom stereocenters. The summed E-state index contributed by atoms with van der Waals surface area (Å²) in [6.45, 7) is 6.15. The van der Waals surface area contributed by atoms with Gasteiger partial charge in [0.15, 0.2) is 0 Å². The van der Waals surface area contributed by atoms with Crippen molar-refractivity contribution in [1.29, 1.82) is 0 Å². The van der Waals surface area contributed by atoms with Gasteiger partial charge in [0.05, 0.1) is 17.9 Å². The average Bonchev–Trinajstić information content (AvgIpc) is 3.28. The van der Waals surface area contributed by atoms with Gasteiger partial charge in [0, 0.05) is 49.8 Å². The van der Waals surface area contributed by atoms with Crippen LogP contribution in [0.25, 0.3) is 10.9 Å². The third kappa shape index (κ3) is 5.00. The van der Waals surface area contributed by atoms with E-state index in [2.05, 4.69) is 14.8 Å². The zero-order valence-electron chi connectivity index (χ0n) is 17.8. The summed E-state index contributed by atoms with van der Waals surface area (Å²) in [7, 11) is 0. The molecule has 3 aromatic rings. The number of hydrogen-bond donors (Lipinski definition) is 2. The highest BCUT2D eigenvalue weighted by Gasteiger charge is 2.23. The predicted octanol–water partition coefficient (Wildman–Crippen LogP) is 2.91. The number of ether oxygens (including phenoxy) is 2. The van der Waals surface area contributed by atoms with Crippen molar-refractivity contribution < 1.29 is 19.4 Å². The van der Waals surface area contributed by atoms with Crippen molar-refractivity contribution in [1.82, 2.24) is 9.88 Å². The number of β-amino-alcohol motifs (C(OH)–C–C–N with tert-alkyl or cyclic N) is 1. The van der Waals surface area contributed by atoms with Gasteiger partial charge in [-0.25, -0.2) is 4.79 Å². The van der Waals surface area contributed by atoms with Gasteiger partial charge >= 0.3 is 5.97 Å². The maximum absolute atomic E-state index is 12.3. The minimum Gasteiger partial charge on any atom is -0.490 e. The molecule has 0 radical (unpaired) electrons. The number of rotatable bonds is 8. The second-order valence-corrected chi connectivity index (χ2v) is 7.69. The normalized spacial score (nSPS) is 15.7. The largest absolute Gasteiger partial charge is 0.490 e. The standard InChI is InChI=1S/C24H29N3O4/c1-2-30-24(29)20-6-3-4-8-22(20)27-14-12-26(13-15-27)16-18(28)17-31-23-9-5-7-21-19(23)10-11-25-21/h3-11,18,25,28H,2,12-17H2,1H3. The molecule has 4 rings (SSSR count). The smallest absolute Gasteiger partial charge is 0.340 e. The zero-order chi connectivity index (χ0) is 21.6. The first-order valence-corrected chi connectivity index (χ1v) is 10.8. The van der Waals surface area contributed by atoms with Gasteiger partial charge in [0.1, 0.15) is 18.5 Å². The summed E-state index contributed by atoms with van der Waals surface area (Å²) in [6.07, 6.45) is 1.31. The van der Waals surface area contributed by atoms with E-state index in [0.29, 0.717) is 18.7 Å². The molecule has 1 aromatic heterocycles. The first-order valence-electron chi connectivity index (χ1n) is 10.8.